The number of rotatable bonds is 5. The molecule has 1 aromatic carbocycles. The molecule has 1 saturated carbocycles. The van der Waals surface area contributed by atoms with Crippen LogP contribution < -0.4 is 0 Å². The third-order valence-corrected chi connectivity index (χ3v) is 3.63. The molecule has 2 rings (SSSR count). The Bertz CT molecular complexity index is 423. The van der Waals surface area contributed by atoms with Gasteiger partial charge in [0.2, 0.25) is 0 Å². The second-order valence-corrected chi connectivity index (χ2v) is 4.93. The Morgan fingerprint density at radius 1 is 1.44 bits per heavy atom. The normalized spacial score (nSPS) is 26.7. The molecule has 1 aliphatic carbocycles. The molecule has 4 nitrogen and oxygen atoms in total. The molecule has 0 spiro atoms. The second kappa shape index (κ2) is 5.26. The minimum absolute atomic E-state index is 0.0586. The molecule has 98 valence electrons. The van der Waals surface area contributed by atoms with E-state index >= 15 is 0 Å². The van der Waals surface area contributed by atoms with E-state index < -0.39 is 11.4 Å². The number of carboxylic acid groups (broad SMARTS) is 1. The summed E-state index contributed by atoms with van der Waals surface area (Å²) in [5.74, 6) is -0.818. The quantitative estimate of drug-likeness (QED) is 0.835. The van der Waals surface area contributed by atoms with Gasteiger partial charge in [-0.2, -0.15) is 0 Å². The van der Waals surface area contributed by atoms with E-state index in [4.69, 9.17) is 21.1 Å². The first kappa shape index (κ1) is 13.3. The number of halogens is 1. The van der Waals surface area contributed by atoms with Gasteiger partial charge in [-0.25, -0.2) is 0 Å². The van der Waals surface area contributed by atoms with Crippen molar-refractivity contribution in [1.82, 2.24) is 0 Å². The molecule has 0 radical (unpaired) electrons. The molecule has 0 atom stereocenters. The summed E-state index contributed by atoms with van der Waals surface area (Å²) < 4.78 is 10.2. The highest BCUT2D eigenvalue weighted by atomic mass is 35.5. The second-order valence-electron chi connectivity index (χ2n) is 4.50. The van der Waals surface area contributed by atoms with Crippen LogP contribution in [0.25, 0.3) is 0 Å². The van der Waals surface area contributed by atoms with Crippen LogP contribution >= 0.6 is 11.6 Å². The Morgan fingerprint density at radius 3 is 2.56 bits per heavy atom. The molecule has 0 saturated heterocycles. The number of methoxy groups -OCH3 is 1. The molecule has 0 amide bonds. The van der Waals surface area contributed by atoms with Crippen molar-refractivity contribution in [2.24, 2.45) is 0 Å². The van der Waals surface area contributed by atoms with Gasteiger partial charge in [-0.15, -0.1) is 0 Å². The average molecular weight is 271 g/mol. The van der Waals surface area contributed by atoms with Crippen LogP contribution in [0.1, 0.15) is 18.4 Å². The first-order chi connectivity index (χ1) is 8.58. The van der Waals surface area contributed by atoms with Crippen molar-refractivity contribution < 1.29 is 19.4 Å². The van der Waals surface area contributed by atoms with E-state index in [1.807, 2.05) is 0 Å². The van der Waals surface area contributed by atoms with E-state index in [0.717, 1.165) is 5.56 Å². The first-order valence-electron chi connectivity index (χ1n) is 5.68. The van der Waals surface area contributed by atoms with Crippen LogP contribution in [-0.4, -0.2) is 31.1 Å². The maximum atomic E-state index is 11.5. The molecule has 1 N–H and O–H groups in total. The van der Waals surface area contributed by atoms with Crippen LogP contribution in [0.2, 0.25) is 5.02 Å². The Hall–Kier alpha value is -1.10. The average Bonchev–Trinajstić information content (AvgIpc) is 2.29. The summed E-state index contributed by atoms with van der Waals surface area (Å²) in [6, 6.07) is 6.96. The van der Waals surface area contributed by atoms with Gasteiger partial charge in [0.05, 0.1) is 11.5 Å². The zero-order valence-corrected chi connectivity index (χ0v) is 10.8. The van der Waals surface area contributed by atoms with Crippen LogP contribution in [0, 0.1) is 0 Å². The van der Waals surface area contributed by atoms with Crippen molar-refractivity contribution in [3.63, 3.8) is 0 Å². The van der Waals surface area contributed by atoms with Gasteiger partial charge in [0.15, 0.2) is 0 Å². The largest absolute Gasteiger partial charge is 0.481 e. The number of aliphatic carboxylic acids is 1. The minimum atomic E-state index is -0.844. The fourth-order valence-electron chi connectivity index (χ4n) is 2.30. The number of hydrogen-bond donors (Lipinski definition) is 1. The summed E-state index contributed by atoms with van der Waals surface area (Å²) in [6.07, 6.45) is 0.873. The summed E-state index contributed by atoms with van der Waals surface area (Å²) in [4.78, 5) is 11.5. The van der Waals surface area contributed by atoms with Gasteiger partial charge in [0.25, 0.3) is 0 Å². The molecular weight excluding hydrogens is 256 g/mol. The molecule has 0 aliphatic heterocycles. The fourth-order valence-corrected chi connectivity index (χ4v) is 2.43. The van der Waals surface area contributed by atoms with Crippen LogP contribution in [0.5, 0.6) is 0 Å². The number of benzene rings is 1. The SMILES string of the molecule is COCOC1CC(C(=O)O)(c2ccc(Cl)cc2)C1. The molecule has 1 fully saturated rings. The predicted octanol–water partition coefficient (Wildman–Crippen LogP) is 2.45. The zero-order valence-electron chi connectivity index (χ0n) is 10.1. The lowest BCUT2D eigenvalue weighted by Crippen LogP contribution is -2.51. The predicted molar refractivity (Wildman–Crippen MR) is 66.7 cm³/mol. The van der Waals surface area contributed by atoms with Crippen molar-refractivity contribution in [1.29, 1.82) is 0 Å². The van der Waals surface area contributed by atoms with E-state index in [0.29, 0.717) is 17.9 Å². The van der Waals surface area contributed by atoms with Crippen LogP contribution in [-0.2, 0) is 19.7 Å². The lowest BCUT2D eigenvalue weighted by molar-refractivity contribution is -0.164. The zero-order chi connectivity index (χ0) is 13.2. The van der Waals surface area contributed by atoms with E-state index in [-0.39, 0.29) is 12.9 Å². The van der Waals surface area contributed by atoms with Crippen LogP contribution in [0.15, 0.2) is 24.3 Å². The van der Waals surface area contributed by atoms with Crippen molar-refractivity contribution in [3.8, 4) is 0 Å². The lowest BCUT2D eigenvalue weighted by Gasteiger charge is -2.44. The molecule has 0 unspecified atom stereocenters. The molecule has 0 heterocycles. The van der Waals surface area contributed by atoms with Crippen molar-refractivity contribution in [2.45, 2.75) is 24.4 Å². The van der Waals surface area contributed by atoms with E-state index in [1.54, 1.807) is 31.4 Å². The summed E-state index contributed by atoms with van der Waals surface area (Å²) in [7, 11) is 1.54. The third-order valence-electron chi connectivity index (χ3n) is 3.38. The first-order valence-corrected chi connectivity index (χ1v) is 6.06. The lowest BCUT2D eigenvalue weighted by atomic mass is 9.62. The van der Waals surface area contributed by atoms with Crippen molar-refractivity contribution in [3.05, 3.63) is 34.9 Å². The standard InChI is InChI=1S/C13H15ClO4/c1-17-8-18-11-6-13(7-11,12(15)16)9-2-4-10(14)5-3-9/h2-5,11H,6-8H2,1H3,(H,15,16). The minimum Gasteiger partial charge on any atom is -0.481 e. The topological polar surface area (TPSA) is 55.8 Å². The highest BCUT2D eigenvalue weighted by Gasteiger charge is 2.52. The molecule has 1 aliphatic rings. The number of carbonyl (C=O) groups is 1. The van der Waals surface area contributed by atoms with Gasteiger partial charge in [-0.05, 0) is 30.5 Å². The number of hydrogen-bond acceptors (Lipinski definition) is 3. The Balaban J connectivity index is 2.11. The van der Waals surface area contributed by atoms with Gasteiger partial charge >= 0.3 is 5.97 Å². The Morgan fingerprint density at radius 2 is 2.06 bits per heavy atom. The molecule has 18 heavy (non-hydrogen) atoms. The van der Waals surface area contributed by atoms with E-state index in [1.165, 1.54) is 0 Å². The van der Waals surface area contributed by atoms with Gasteiger partial charge in [-0.3, -0.25) is 4.79 Å². The smallest absolute Gasteiger partial charge is 0.314 e. The molecule has 0 aromatic heterocycles. The molecule has 5 heteroatoms. The monoisotopic (exact) mass is 270 g/mol. The van der Waals surface area contributed by atoms with Crippen molar-refractivity contribution in [2.75, 3.05) is 13.9 Å². The Labute approximate surface area is 110 Å². The van der Waals surface area contributed by atoms with E-state index in [9.17, 15) is 9.90 Å². The van der Waals surface area contributed by atoms with Crippen LogP contribution in [0.3, 0.4) is 0 Å². The van der Waals surface area contributed by atoms with E-state index in [2.05, 4.69) is 0 Å². The third kappa shape index (κ3) is 2.36. The number of ether oxygens (including phenoxy) is 2. The summed E-state index contributed by atoms with van der Waals surface area (Å²) >= 11 is 5.81. The maximum absolute atomic E-state index is 11.5. The Kier molecular flexibility index (Phi) is 3.90. The van der Waals surface area contributed by atoms with Gasteiger partial charge in [0, 0.05) is 12.1 Å². The van der Waals surface area contributed by atoms with Crippen LogP contribution in [0.4, 0.5) is 0 Å². The molecule has 1 aromatic rings. The van der Waals surface area contributed by atoms with Gasteiger partial charge < -0.3 is 14.6 Å². The molecule has 0 bridgehead atoms. The highest BCUT2D eigenvalue weighted by Crippen LogP contribution is 2.45. The van der Waals surface area contributed by atoms with Crippen molar-refractivity contribution >= 4 is 17.6 Å². The molecular formula is C13H15ClO4. The highest BCUT2D eigenvalue weighted by molar-refractivity contribution is 6.30. The fraction of sp³-hybridized carbons (Fsp3) is 0.462. The summed E-state index contributed by atoms with van der Waals surface area (Å²) in [5.41, 5.74) is -0.0696. The maximum Gasteiger partial charge on any atom is 0.314 e. The summed E-state index contributed by atoms with van der Waals surface area (Å²) in [6.45, 7) is 0.195. The summed E-state index contributed by atoms with van der Waals surface area (Å²) in [5, 5.41) is 10.0. The number of carboxylic acids is 1. The van der Waals surface area contributed by atoms with Gasteiger partial charge in [-0.1, -0.05) is 23.7 Å². The van der Waals surface area contributed by atoms with Gasteiger partial charge in [0.1, 0.15) is 6.79 Å².